The van der Waals surface area contributed by atoms with Gasteiger partial charge in [-0.1, -0.05) is 32.0 Å². The Morgan fingerprint density at radius 1 is 1.04 bits per heavy atom. The van der Waals surface area contributed by atoms with Crippen molar-refractivity contribution in [3.05, 3.63) is 59.9 Å². The summed E-state index contributed by atoms with van der Waals surface area (Å²) in [7, 11) is 1.79. The normalized spacial score (nSPS) is 11.5. The second-order valence-electron chi connectivity index (χ2n) is 6.60. The Labute approximate surface area is 156 Å². The standard InChI is InChI=1S/C21H30N4O/c1-17(2)16-26-20-9-7-18(8-10-20)11-14-24-21(22-3)25-15-12-19-6-4-5-13-23-19/h4-10,13,17H,11-12,14-16H2,1-3H3,(H2,22,24,25). The molecule has 2 aromatic rings. The fourth-order valence-electron chi connectivity index (χ4n) is 2.42. The van der Waals surface area contributed by atoms with E-state index in [0.29, 0.717) is 5.92 Å². The summed E-state index contributed by atoms with van der Waals surface area (Å²) >= 11 is 0. The SMILES string of the molecule is CN=C(NCCc1ccc(OCC(C)C)cc1)NCCc1ccccn1. The lowest BCUT2D eigenvalue weighted by Crippen LogP contribution is -2.39. The second-order valence-corrected chi connectivity index (χ2v) is 6.60. The number of aromatic nitrogens is 1. The molecule has 0 aliphatic carbocycles. The fourth-order valence-corrected chi connectivity index (χ4v) is 2.42. The van der Waals surface area contributed by atoms with E-state index in [-0.39, 0.29) is 0 Å². The monoisotopic (exact) mass is 354 g/mol. The molecule has 140 valence electrons. The number of nitrogens with one attached hydrogen (secondary N) is 2. The molecular formula is C21H30N4O. The van der Waals surface area contributed by atoms with Crippen LogP contribution in [0.15, 0.2) is 53.7 Å². The summed E-state index contributed by atoms with van der Waals surface area (Å²) in [5.74, 6) is 2.29. The summed E-state index contributed by atoms with van der Waals surface area (Å²) < 4.78 is 5.71. The number of benzene rings is 1. The quantitative estimate of drug-likeness (QED) is 0.537. The molecule has 0 saturated carbocycles. The van der Waals surface area contributed by atoms with Crippen molar-refractivity contribution < 1.29 is 4.74 Å². The first-order chi connectivity index (χ1) is 12.7. The van der Waals surface area contributed by atoms with Gasteiger partial charge in [-0.15, -0.1) is 0 Å². The minimum atomic E-state index is 0.538. The van der Waals surface area contributed by atoms with Crippen LogP contribution < -0.4 is 15.4 Å². The van der Waals surface area contributed by atoms with E-state index in [1.807, 2.05) is 36.5 Å². The number of pyridine rings is 1. The van der Waals surface area contributed by atoms with Crippen LogP contribution in [0.3, 0.4) is 0 Å². The van der Waals surface area contributed by atoms with Crippen LogP contribution in [-0.2, 0) is 12.8 Å². The van der Waals surface area contributed by atoms with Gasteiger partial charge in [0.15, 0.2) is 5.96 Å². The first kappa shape index (κ1) is 19.8. The zero-order valence-corrected chi connectivity index (χ0v) is 16.0. The smallest absolute Gasteiger partial charge is 0.190 e. The summed E-state index contributed by atoms with van der Waals surface area (Å²) in [4.78, 5) is 8.58. The molecule has 0 unspecified atom stereocenters. The number of hydrogen-bond donors (Lipinski definition) is 2. The van der Waals surface area contributed by atoms with E-state index in [1.54, 1.807) is 7.05 Å². The van der Waals surface area contributed by atoms with Crippen LogP contribution in [0.5, 0.6) is 5.75 Å². The van der Waals surface area contributed by atoms with Gasteiger partial charge in [0, 0.05) is 38.4 Å². The summed E-state index contributed by atoms with van der Waals surface area (Å²) in [6, 6.07) is 14.3. The maximum atomic E-state index is 5.71. The molecule has 1 heterocycles. The van der Waals surface area contributed by atoms with Crippen molar-refractivity contribution in [2.75, 3.05) is 26.7 Å². The molecule has 0 radical (unpaired) electrons. The molecule has 0 saturated heterocycles. The van der Waals surface area contributed by atoms with Gasteiger partial charge in [-0.3, -0.25) is 9.98 Å². The lowest BCUT2D eigenvalue weighted by molar-refractivity contribution is 0.271. The number of ether oxygens (including phenoxy) is 1. The van der Waals surface area contributed by atoms with E-state index in [9.17, 15) is 0 Å². The summed E-state index contributed by atoms with van der Waals surface area (Å²) in [5.41, 5.74) is 2.36. The van der Waals surface area contributed by atoms with Crippen LogP contribution in [0.2, 0.25) is 0 Å². The first-order valence-corrected chi connectivity index (χ1v) is 9.23. The van der Waals surface area contributed by atoms with Crippen molar-refractivity contribution in [3.63, 3.8) is 0 Å². The molecule has 0 amide bonds. The molecule has 0 aliphatic rings. The summed E-state index contributed by atoms with van der Waals surface area (Å²) in [5, 5.41) is 6.67. The third-order valence-corrected chi connectivity index (χ3v) is 3.84. The zero-order valence-electron chi connectivity index (χ0n) is 16.0. The molecule has 0 fully saturated rings. The number of rotatable bonds is 9. The van der Waals surface area contributed by atoms with Crippen molar-refractivity contribution in [1.29, 1.82) is 0 Å². The first-order valence-electron chi connectivity index (χ1n) is 9.23. The maximum absolute atomic E-state index is 5.71. The van der Waals surface area contributed by atoms with Crippen molar-refractivity contribution in [2.24, 2.45) is 10.9 Å². The molecule has 5 nitrogen and oxygen atoms in total. The summed E-state index contributed by atoms with van der Waals surface area (Å²) in [6.07, 6.45) is 3.63. The van der Waals surface area contributed by atoms with Gasteiger partial charge in [0.05, 0.1) is 6.61 Å². The van der Waals surface area contributed by atoms with E-state index >= 15 is 0 Å². The average Bonchev–Trinajstić information content (AvgIpc) is 2.67. The maximum Gasteiger partial charge on any atom is 0.190 e. The highest BCUT2D eigenvalue weighted by Gasteiger charge is 2.01. The van der Waals surface area contributed by atoms with Crippen LogP contribution in [0.1, 0.15) is 25.1 Å². The van der Waals surface area contributed by atoms with E-state index in [1.165, 1.54) is 5.56 Å². The zero-order chi connectivity index (χ0) is 18.6. The van der Waals surface area contributed by atoms with Crippen LogP contribution in [-0.4, -0.2) is 37.7 Å². The molecule has 0 bridgehead atoms. The van der Waals surface area contributed by atoms with Gasteiger partial charge in [-0.05, 0) is 42.2 Å². The predicted octanol–water partition coefficient (Wildman–Crippen LogP) is 3.07. The van der Waals surface area contributed by atoms with Crippen molar-refractivity contribution >= 4 is 5.96 Å². The van der Waals surface area contributed by atoms with E-state index in [2.05, 4.69) is 46.6 Å². The molecule has 1 aromatic carbocycles. The van der Waals surface area contributed by atoms with Gasteiger partial charge < -0.3 is 15.4 Å². The second kappa shape index (κ2) is 11.1. The van der Waals surface area contributed by atoms with Gasteiger partial charge in [0.2, 0.25) is 0 Å². The number of aliphatic imine (C=N–C) groups is 1. The lowest BCUT2D eigenvalue weighted by atomic mass is 10.1. The Morgan fingerprint density at radius 2 is 1.77 bits per heavy atom. The Morgan fingerprint density at radius 3 is 2.38 bits per heavy atom. The highest BCUT2D eigenvalue weighted by molar-refractivity contribution is 5.79. The van der Waals surface area contributed by atoms with Gasteiger partial charge in [0.1, 0.15) is 5.75 Å². The number of nitrogens with zero attached hydrogens (tertiary/aromatic N) is 2. The molecule has 26 heavy (non-hydrogen) atoms. The largest absolute Gasteiger partial charge is 0.493 e. The molecule has 5 heteroatoms. The number of guanidine groups is 1. The van der Waals surface area contributed by atoms with Crippen LogP contribution in [0, 0.1) is 5.92 Å². The van der Waals surface area contributed by atoms with Gasteiger partial charge in [-0.2, -0.15) is 0 Å². The van der Waals surface area contributed by atoms with Gasteiger partial charge >= 0.3 is 0 Å². The van der Waals surface area contributed by atoms with Crippen molar-refractivity contribution in [3.8, 4) is 5.75 Å². The Kier molecular flexibility index (Phi) is 8.46. The highest BCUT2D eigenvalue weighted by atomic mass is 16.5. The molecular weight excluding hydrogens is 324 g/mol. The molecule has 1 aromatic heterocycles. The van der Waals surface area contributed by atoms with Gasteiger partial charge in [0.25, 0.3) is 0 Å². The van der Waals surface area contributed by atoms with Gasteiger partial charge in [-0.25, -0.2) is 0 Å². The highest BCUT2D eigenvalue weighted by Crippen LogP contribution is 2.13. The topological polar surface area (TPSA) is 58.5 Å². The number of hydrogen-bond acceptors (Lipinski definition) is 3. The van der Waals surface area contributed by atoms with E-state index in [4.69, 9.17) is 4.74 Å². The van der Waals surface area contributed by atoms with Crippen molar-refractivity contribution in [1.82, 2.24) is 15.6 Å². The lowest BCUT2D eigenvalue weighted by Gasteiger charge is -2.12. The minimum absolute atomic E-state index is 0.538. The van der Waals surface area contributed by atoms with E-state index in [0.717, 1.165) is 49.9 Å². The molecule has 2 N–H and O–H groups in total. The molecule has 0 aliphatic heterocycles. The van der Waals surface area contributed by atoms with E-state index < -0.39 is 0 Å². The Bertz CT molecular complexity index is 653. The summed E-state index contributed by atoms with van der Waals surface area (Å²) in [6.45, 7) is 6.68. The fraction of sp³-hybridized carbons (Fsp3) is 0.429. The predicted molar refractivity (Wildman–Crippen MR) is 108 cm³/mol. The molecule has 0 spiro atoms. The van der Waals surface area contributed by atoms with Crippen LogP contribution in [0.25, 0.3) is 0 Å². The Balaban J connectivity index is 1.66. The van der Waals surface area contributed by atoms with Crippen LogP contribution in [0.4, 0.5) is 0 Å². The Hall–Kier alpha value is -2.56. The third kappa shape index (κ3) is 7.55. The molecule has 0 atom stereocenters. The van der Waals surface area contributed by atoms with Crippen LogP contribution >= 0.6 is 0 Å². The minimum Gasteiger partial charge on any atom is -0.493 e. The third-order valence-electron chi connectivity index (χ3n) is 3.84. The average molecular weight is 354 g/mol. The van der Waals surface area contributed by atoms with Crippen molar-refractivity contribution in [2.45, 2.75) is 26.7 Å². The molecule has 2 rings (SSSR count).